The lowest BCUT2D eigenvalue weighted by atomic mass is 10.0. The van der Waals surface area contributed by atoms with Crippen LogP contribution in [0.5, 0.6) is 5.75 Å². The van der Waals surface area contributed by atoms with Crippen LogP contribution >= 0.6 is 0 Å². The molecule has 0 radical (unpaired) electrons. The van der Waals surface area contributed by atoms with Gasteiger partial charge in [0.1, 0.15) is 24.0 Å². The van der Waals surface area contributed by atoms with Crippen molar-refractivity contribution in [2.75, 3.05) is 0 Å². The van der Waals surface area contributed by atoms with Gasteiger partial charge in [-0.05, 0) is 56.3 Å². The van der Waals surface area contributed by atoms with E-state index in [2.05, 4.69) is 5.32 Å². The minimum Gasteiger partial charge on any atom is -0.489 e. The van der Waals surface area contributed by atoms with Gasteiger partial charge < -0.3 is 14.4 Å². The van der Waals surface area contributed by atoms with E-state index in [-0.39, 0.29) is 31.4 Å². The summed E-state index contributed by atoms with van der Waals surface area (Å²) < 4.78 is 13.0. The number of carbonyl (C=O) groups is 4. The van der Waals surface area contributed by atoms with E-state index in [0.29, 0.717) is 17.7 Å². The predicted molar refractivity (Wildman–Crippen MR) is 130 cm³/mol. The lowest BCUT2D eigenvalue weighted by molar-refractivity contribution is -0.136. The molecule has 5 rings (SSSR count). The van der Waals surface area contributed by atoms with Crippen LogP contribution in [0.15, 0.2) is 48.8 Å². The number of hydrogen-bond donors (Lipinski definition) is 1. The second-order valence-corrected chi connectivity index (χ2v) is 10.1. The molecule has 3 aromatic rings. The molecule has 9 heteroatoms. The Morgan fingerprint density at radius 1 is 1.08 bits per heavy atom. The Labute approximate surface area is 208 Å². The number of benzene rings is 2. The summed E-state index contributed by atoms with van der Waals surface area (Å²) in [7, 11) is 0. The van der Waals surface area contributed by atoms with E-state index in [9.17, 15) is 19.2 Å². The molecule has 36 heavy (non-hydrogen) atoms. The van der Waals surface area contributed by atoms with Crippen LogP contribution in [0.2, 0.25) is 0 Å². The molecule has 1 aromatic heterocycles. The SMILES string of the molecule is CC(C)(C)OC(=O)n1cc2ccc(COc3cccc4c3CN(C3CCC(=O)NC3=O)C4=O)cc2c1. The quantitative estimate of drug-likeness (QED) is 0.559. The standard InChI is InChI=1S/C27H27N3O6/c1-27(2,3)36-26(34)29-12-17-8-7-16(11-18(17)13-29)15-35-22-6-4-5-19-20(22)14-30(25(19)33)21-9-10-23(31)28-24(21)32/h4-8,11-13,21H,9-10,14-15H2,1-3H3,(H,28,31,32). The van der Waals surface area contributed by atoms with Gasteiger partial charge in [0, 0.05) is 35.3 Å². The summed E-state index contributed by atoms with van der Waals surface area (Å²) in [6.45, 7) is 5.97. The Balaban J connectivity index is 1.31. The molecule has 1 saturated heterocycles. The van der Waals surface area contributed by atoms with Crippen molar-refractivity contribution in [3.63, 3.8) is 0 Å². The number of imide groups is 1. The maximum atomic E-state index is 13.0. The molecule has 0 saturated carbocycles. The number of hydrogen-bond acceptors (Lipinski definition) is 6. The third kappa shape index (κ3) is 4.56. The molecule has 0 spiro atoms. The van der Waals surface area contributed by atoms with E-state index in [1.54, 1.807) is 30.6 Å². The molecule has 1 fully saturated rings. The van der Waals surface area contributed by atoms with E-state index in [4.69, 9.17) is 9.47 Å². The minimum atomic E-state index is -0.674. The highest BCUT2D eigenvalue weighted by atomic mass is 16.6. The van der Waals surface area contributed by atoms with Gasteiger partial charge in [-0.25, -0.2) is 4.79 Å². The van der Waals surface area contributed by atoms with Crippen LogP contribution in [-0.4, -0.2) is 44.9 Å². The van der Waals surface area contributed by atoms with Gasteiger partial charge >= 0.3 is 6.09 Å². The van der Waals surface area contributed by atoms with Crippen LogP contribution in [0.4, 0.5) is 4.79 Å². The molecule has 2 aromatic carbocycles. The van der Waals surface area contributed by atoms with Gasteiger partial charge in [0.15, 0.2) is 0 Å². The molecule has 2 aliphatic rings. The summed E-state index contributed by atoms with van der Waals surface area (Å²) in [5, 5.41) is 4.09. The average molecular weight is 490 g/mol. The molecule has 1 unspecified atom stereocenters. The number of aromatic nitrogens is 1. The maximum absolute atomic E-state index is 13.0. The largest absolute Gasteiger partial charge is 0.489 e. The van der Waals surface area contributed by atoms with E-state index < -0.39 is 23.6 Å². The number of carbonyl (C=O) groups excluding carboxylic acids is 4. The second-order valence-electron chi connectivity index (χ2n) is 10.1. The van der Waals surface area contributed by atoms with Gasteiger partial charge in [-0.1, -0.05) is 18.2 Å². The summed E-state index contributed by atoms with van der Waals surface area (Å²) >= 11 is 0. The normalized spacial score (nSPS) is 17.8. The fourth-order valence-corrected chi connectivity index (χ4v) is 4.55. The Bertz CT molecular complexity index is 1400. The fraction of sp³-hybridized carbons (Fsp3) is 0.333. The van der Waals surface area contributed by atoms with E-state index in [0.717, 1.165) is 21.9 Å². The second kappa shape index (κ2) is 8.82. The van der Waals surface area contributed by atoms with E-state index >= 15 is 0 Å². The first-order valence-corrected chi connectivity index (χ1v) is 11.8. The highest BCUT2D eigenvalue weighted by molar-refractivity contribution is 6.05. The molecule has 9 nitrogen and oxygen atoms in total. The lowest BCUT2D eigenvalue weighted by Gasteiger charge is -2.29. The summed E-state index contributed by atoms with van der Waals surface area (Å²) in [5.41, 5.74) is 1.54. The summed E-state index contributed by atoms with van der Waals surface area (Å²) in [5.74, 6) is -0.429. The van der Waals surface area contributed by atoms with Crippen molar-refractivity contribution in [3.8, 4) is 5.75 Å². The highest BCUT2D eigenvalue weighted by Crippen LogP contribution is 2.34. The molecular weight excluding hydrogens is 462 g/mol. The Morgan fingerprint density at radius 3 is 2.61 bits per heavy atom. The maximum Gasteiger partial charge on any atom is 0.418 e. The molecule has 3 amide bonds. The first kappa shape index (κ1) is 23.6. The molecule has 0 aliphatic carbocycles. The molecular formula is C27H27N3O6. The molecule has 0 bridgehead atoms. The van der Waals surface area contributed by atoms with Crippen molar-refractivity contribution in [2.24, 2.45) is 0 Å². The third-order valence-electron chi connectivity index (χ3n) is 6.25. The Morgan fingerprint density at radius 2 is 1.86 bits per heavy atom. The smallest absolute Gasteiger partial charge is 0.418 e. The number of fused-ring (bicyclic) bond motifs is 2. The first-order valence-electron chi connectivity index (χ1n) is 11.8. The number of piperidine rings is 1. The number of ether oxygens (including phenoxy) is 2. The zero-order chi connectivity index (χ0) is 25.6. The predicted octanol–water partition coefficient (Wildman–Crippen LogP) is 3.76. The summed E-state index contributed by atoms with van der Waals surface area (Å²) in [6.07, 6.45) is 3.53. The van der Waals surface area contributed by atoms with Crippen molar-refractivity contribution in [3.05, 3.63) is 65.5 Å². The summed E-state index contributed by atoms with van der Waals surface area (Å²) in [4.78, 5) is 50.7. The average Bonchev–Trinajstić information content (AvgIpc) is 3.38. The highest BCUT2D eigenvalue weighted by Gasteiger charge is 2.40. The fourth-order valence-electron chi connectivity index (χ4n) is 4.55. The Kier molecular flexibility index (Phi) is 5.78. The van der Waals surface area contributed by atoms with Crippen molar-refractivity contribution < 1.29 is 28.7 Å². The van der Waals surface area contributed by atoms with Crippen LogP contribution in [0.25, 0.3) is 10.8 Å². The van der Waals surface area contributed by atoms with Crippen molar-refractivity contribution >= 4 is 34.6 Å². The van der Waals surface area contributed by atoms with Gasteiger partial charge in [0.05, 0.1) is 6.54 Å². The first-order chi connectivity index (χ1) is 17.1. The minimum absolute atomic E-state index is 0.206. The zero-order valence-corrected chi connectivity index (χ0v) is 20.4. The van der Waals surface area contributed by atoms with Crippen molar-refractivity contribution in [1.29, 1.82) is 0 Å². The number of nitrogens with zero attached hydrogens (tertiary/aromatic N) is 2. The van der Waals surface area contributed by atoms with Crippen LogP contribution in [0.3, 0.4) is 0 Å². The number of amides is 3. The van der Waals surface area contributed by atoms with E-state index in [1.165, 1.54) is 9.47 Å². The monoisotopic (exact) mass is 489 g/mol. The van der Waals surface area contributed by atoms with Gasteiger partial charge in [-0.3, -0.25) is 24.3 Å². The van der Waals surface area contributed by atoms with Gasteiger partial charge in [0.25, 0.3) is 5.91 Å². The van der Waals surface area contributed by atoms with E-state index in [1.807, 2.05) is 39.0 Å². The number of rotatable bonds is 4. The van der Waals surface area contributed by atoms with Gasteiger partial charge in [-0.2, -0.15) is 0 Å². The van der Waals surface area contributed by atoms with Gasteiger partial charge in [0.2, 0.25) is 11.8 Å². The summed E-state index contributed by atoms with van der Waals surface area (Å²) in [6, 6.07) is 10.4. The lowest BCUT2D eigenvalue weighted by Crippen LogP contribution is -2.52. The van der Waals surface area contributed by atoms with Crippen LogP contribution < -0.4 is 10.1 Å². The third-order valence-corrected chi connectivity index (χ3v) is 6.25. The van der Waals surface area contributed by atoms with Crippen LogP contribution in [0, 0.1) is 0 Å². The molecule has 1 N–H and O–H groups in total. The molecule has 1 atom stereocenters. The van der Waals surface area contributed by atoms with Crippen LogP contribution in [-0.2, 0) is 27.5 Å². The molecule has 186 valence electrons. The van der Waals surface area contributed by atoms with Crippen molar-refractivity contribution in [2.45, 2.75) is 58.4 Å². The van der Waals surface area contributed by atoms with Gasteiger partial charge in [-0.15, -0.1) is 0 Å². The zero-order valence-electron chi connectivity index (χ0n) is 20.4. The topological polar surface area (TPSA) is 107 Å². The number of nitrogens with one attached hydrogen (secondary N) is 1. The molecule has 3 heterocycles. The van der Waals surface area contributed by atoms with Crippen molar-refractivity contribution in [1.82, 2.24) is 14.8 Å². The Hall–Kier alpha value is -4.14. The van der Waals surface area contributed by atoms with Crippen LogP contribution in [0.1, 0.15) is 55.1 Å². The molecule has 2 aliphatic heterocycles.